The lowest BCUT2D eigenvalue weighted by atomic mass is 9.93. The van der Waals surface area contributed by atoms with Crippen molar-refractivity contribution < 1.29 is 22.7 Å². The van der Waals surface area contributed by atoms with Gasteiger partial charge in [-0.25, -0.2) is 19.9 Å². The first-order valence-electron chi connectivity index (χ1n) is 13.8. The number of rotatable bonds is 8. The molecule has 1 N–H and O–H groups in total. The van der Waals surface area contributed by atoms with Gasteiger partial charge in [0.2, 0.25) is 0 Å². The zero-order valence-corrected chi connectivity index (χ0v) is 24.2. The summed E-state index contributed by atoms with van der Waals surface area (Å²) in [5.74, 6) is 0.271. The zero-order chi connectivity index (χ0) is 29.6. The van der Waals surface area contributed by atoms with Gasteiger partial charge in [-0.05, 0) is 45.6 Å². The number of methoxy groups -OCH3 is 1. The summed E-state index contributed by atoms with van der Waals surface area (Å²) in [6.45, 7) is 4.73. The fourth-order valence-electron chi connectivity index (χ4n) is 5.06. The highest BCUT2D eigenvalue weighted by Gasteiger charge is 2.38. The van der Waals surface area contributed by atoms with Crippen molar-refractivity contribution in [3.8, 4) is 16.5 Å². The SMILES string of the molecule is COC1(C)CCN(c2cnc(C(=O)Nc3csc(-c4nccn4[C@@H](C)C(F)(F)F)n3)cc2-n2cnc(C3CC3)c2)CC1. The standard InChI is InChI=1S/C28H31F3N8O2S/c1-17(28(29,30)31)39-11-8-32-24(39)26-36-23(15-42-26)35-25(40)19-12-21(38-14-20(34-16-38)18-4-5-18)22(13-33-19)37-9-6-27(2,41-3)7-10-37/h8,11-18H,4-7,9-10H2,1-3H3,(H,35,40)/t17-/m0/s1. The van der Waals surface area contributed by atoms with Crippen molar-refractivity contribution in [3.63, 3.8) is 0 Å². The van der Waals surface area contributed by atoms with Gasteiger partial charge >= 0.3 is 6.18 Å². The molecule has 0 unspecified atom stereocenters. The van der Waals surface area contributed by atoms with E-state index < -0.39 is 18.1 Å². The molecule has 1 aliphatic carbocycles. The molecular formula is C28H31F3N8O2S. The van der Waals surface area contributed by atoms with E-state index in [1.807, 2.05) is 10.8 Å². The van der Waals surface area contributed by atoms with E-state index in [9.17, 15) is 18.0 Å². The summed E-state index contributed by atoms with van der Waals surface area (Å²) >= 11 is 1.09. The minimum Gasteiger partial charge on any atom is -0.378 e. The molecule has 1 saturated carbocycles. The van der Waals surface area contributed by atoms with E-state index in [0.29, 0.717) is 5.92 Å². The highest BCUT2D eigenvalue weighted by atomic mass is 32.1. The summed E-state index contributed by atoms with van der Waals surface area (Å²) in [4.78, 5) is 33.0. The molecule has 6 rings (SSSR count). The lowest BCUT2D eigenvalue weighted by Gasteiger charge is -2.40. The van der Waals surface area contributed by atoms with Gasteiger partial charge in [0.25, 0.3) is 5.91 Å². The van der Waals surface area contributed by atoms with Crippen LogP contribution in [0.15, 0.2) is 42.6 Å². The Morgan fingerprint density at radius 2 is 1.95 bits per heavy atom. The van der Waals surface area contributed by atoms with E-state index in [1.165, 1.54) is 12.4 Å². The van der Waals surface area contributed by atoms with Crippen LogP contribution in [0.2, 0.25) is 0 Å². The maximum absolute atomic E-state index is 13.3. The number of hydrogen-bond acceptors (Lipinski definition) is 8. The Morgan fingerprint density at radius 3 is 2.64 bits per heavy atom. The number of aromatic nitrogens is 6. The number of nitrogens with zero attached hydrogens (tertiary/aromatic N) is 7. The average Bonchev–Trinajstić information content (AvgIpc) is 3.33. The normalized spacial score (nSPS) is 17.8. The van der Waals surface area contributed by atoms with Crippen molar-refractivity contribution in [2.24, 2.45) is 0 Å². The van der Waals surface area contributed by atoms with Crippen molar-refractivity contribution in [3.05, 3.63) is 53.9 Å². The number of alkyl halides is 3. The first-order valence-corrected chi connectivity index (χ1v) is 14.6. The van der Waals surface area contributed by atoms with E-state index in [0.717, 1.165) is 78.7 Å². The smallest absolute Gasteiger partial charge is 0.378 e. The highest BCUT2D eigenvalue weighted by molar-refractivity contribution is 7.13. The summed E-state index contributed by atoms with van der Waals surface area (Å²) in [6, 6.07) is -0.0390. The van der Waals surface area contributed by atoms with Crippen LogP contribution in [-0.2, 0) is 4.74 Å². The van der Waals surface area contributed by atoms with Gasteiger partial charge in [0, 0.05) is 50.1 Å². The first-order chi connectivity index (χ1) is 20.0. The minimum atomic E-state index is -4.44. The van der Waals surface area contributed by atoms with Crippen LogP contribution in [-0.4, -0.2) is 67.0 Å². The Labute approximate surface area is 244 Å². The molecule has 2 aliphatic rings. The number of anilines is 2. The van der Waals surface area contributed by atoms with Crippen molar-refractivity contribution >= 4 is 28.7 Å². The largest absolute Gasteiger partial charge is 0.408 e. The van der Waals surface area contributed by atoms with Gasteiger partial charge in [-0.3, -0.25) is 4.79 Å². The van der Waals surface area contributed by atoms with Gasteiger partial charge in [-0.15, -0.1) is 11.3 Å². The number of pyridine rings is 1. The van der Waals surface area contributed by atoms with Gasteiger partial charge in [-0.1, -0.05) is 0 Å². The first kappa shape index (κ1) is 28.3. The summed E-state index contributed by atoms with van der Waals surface area (Å²) in [5.41, 5.74) is 2.72. The molecule has 5 heterocycles. The highest BCUT2D eigenvalue weighted by Crippen LogP contribution is 2.40. The molecule has 14 heteroatoms. The molecule has 4 aromatic rings. The monoisotopic (exact) mass is 600 g/mol. The molecule has 10 nitrogen and oxygen atoms in total. The number of halogens is 3. The number of imidazole rings is 2. The Hall–Kier alpha value is -3.78. The Bertz CT molecular complexity index is 1580. The van der Waals surface area contributed by atoms with Gasteiger partial charge in [0.05, 0.1) is 35.2 Å². The van der Waals surface area contributed by atoms with Crippen LogP contribution in [0, 0.1) is 0 Å². The Kier molecular flexibility index (Phi) is 7.29. The van der Waals surface area contributed by atoms with E-state index in [4.69, 9.17) is 4.74 Å². The van der Waals surface area contributed by atoms with Crippen molar-refractivity contribution in [1.82, 2.24) is 29.1 Å². The number of nitrogens with one attached hydrogen (secondary N) is 1. The summed E-state index contributed by atoms with van der Waals surface area (Å²) in [5, 5.41) is 4.56. The second-order valence-corrected chi connectivity index (χ2v) is 11.9. The topological polar surface area (TPSA) is 103 Å². The second kappa shape index (κ2) is 10.8. The zero-order valence-electron chi connectivity index (χ0n) is 23.4. The molecule has 0 bridgehead atoms. The van der Waals surface area contributed by atoms with Crippen LogP contribution in [0.3, 0.4) is 0 Å². The third-order valence-corrected chi connectivity index (χ3v) is 8.96. The summed E-state index contributed by atoms with van der Waals surface area (Å²) < 4.78 is 48.6. The van der Waals surface area contributed by atoms with Crippen molar-refractivity contribution in [1.29, 1.82) is 0 Å². The third kappa shape index (κ3) is 5.64. The summed E-state index contributed by atoms with van der Waals surface area (Å²) in [6.07, 6.45) is 7.58. The fraction of sp³-hybridized carbons (Fsp3) is 0.464. The number of ether oxygens (including phenoxy) is 1. The third-order valence-electron chi connectivity index (χ3n) is 8.12. The van der Waals surface area contributed by atoms with Crippen LogP contribution in [0.1, 0.15) is 67.7 Å². The lowest BCUT2D eigenvalue weighted by Crippen LogP contribution is -2.44. The number of carbonyl (C=O) groups is 1. The number of thiazole rings is 1. The van der Waals surface area contributed by atoms with Crippen LogP contribution >= 0.6 is 11.3 Å². The minimum absolute atomic E-state index is 0.0766. The van der Waals surface area contributed by atoms with E-state index >= 15 is 0 Å². The predicted molar refractivity (Wildman–Crippen MR) is 152 cm³/mol. The van der Waals surface area contributed by atoms with Crippen LogP contribution < -0.4 is 10.2 Å². The van der Waals surface area contributed by atoms with Gasteiger partial charge < -0.3 is 24.1 Å². The molecule has 0 spiro atoms. The fourth-order valence-corrected chi connectivity index (χ4v) is 5.81. The molecule has 4 aromatic heterocycles. The molecule has 1 saturated heterocycles. The Balaban J connectivity index is 1.25. The van der Waals surface area contributed by atoms with Crippen molar-refractivity contribution in [2.75, 3.05) is 30.4 Å². The molecule has 0 radical (unpaired) electrons. The average molecular weight is 601 g/mol. The van der Waals surface area contributed by atoms with Crippen molar-refractivity contribution in [2.45, 2.75) is 63.3 Å². The lowest BCUT2D eigenvalue weighted by molar-refractivity contribution is -0.162. The molecule has 1 atom stereocenters. The van der Waals surface area contributed by atoms with E-state index in [2.05, 4.69) is 37.1 Å². The van der Waals surface area contributed by atoms with E-state index in [1.54, 1.807) is 31.1 Å². The predicted octanol–water partition coefficient (Wildman–Crippen LogP) is 5.85. The number of piperidine rings is 1. The molecule has 2 fully saturated rings. The molecular weight excluding hydrogens is 569 g/mol. The van der Waals surface area contributed by atoms with Gasteiger partial charge in [-0.2, -0.15) is 13.2 Å². The van der Waals surface area contributed by atoms with Gasteiger partial charge in [0.15, 0.2) is 10.8 Å². The number of amides is 1. The van der Waals surface area contributed by atoms with Crippen LogP contribution in [0.5, 0.6) is 0 Å². The molecule has 1 amide bonds. The Morgan fingerprint density at radius 1 is 1.19 bits per heavy atom. The molecule has 0 aromatic carbocycles. The second-order valence-electron chi connectivity index (χ2n) is 11.0. The molecule has 1 aliphatic heterocycles. The van der Waals surface area contributed by atoms with Crippen LogP contribution in [0.4, 0.5) is 24.7 Å². The van der Waals surface area contributed by atoms with Crippen LogP contribution in [0.25, 0.3) is 16.5 Å². The van der Waals surface area contributed by atoms with E-state index in [-0.39, 0.29) is 27.9 Å². The molecule has 42 heavy (non-hydrogen) atoms. The maximum atomic E-state index is 13.3. The summed E-state index contributed by atoms with van der Waals surface area (Å²) in [7, 11) is 1.74. The number of carbonyl (C=O) groups excluding carboxylic acids is 1. The molecule has 222 valence electrons. The number of hydrogen-bond donors (Lipinski definition) is 1. The quantitative estimate of drug-likeness (QED) is 0.271. The maximum Gasteiger partial charge on any atom is 0.408 e. The van der Waals surface area contributed by atoms with Gasteiger partial charge in [0.1, 0.15) is 17.6 Å².